The normalized spacial score (nSPS) is 11.8. The summed E-state index contributed by atoms with van der Waals surface area (Å²) < 4.78 is 0.870. The van der Waals surface area contributed by atoms with Gasteiger partial charge in [-0.25, -0.2) is 0 Å². The number of hydrogen-bond donors (Lipinski definition) is 2. The molecule has 0 fully saturated rings. The maximum Gasteiger partial charge on any atom is 0.261 e. The maximum atomic E-state index is 11.9. The van der Waals surface area contributed by atoms with Gasteiger partial charge in [-0.1, -0.05) is 29.8 Å². The van der Waals surface area contributed by atoms with Gasteiger partial charge in [0.25, 0.3) is 5.91 Å². The fourth-order valence-corrected chi connectivity index (χ4v) is 3.48. The maximum absolute atomic E-state index is 11.9. The first-order valence-corrected chi connectivity index (χ1v) is 8.53. The van der Waals surface area contributed by atoms with Crippen LogP contribution in [0.2, 0.25) is 5.02 Å². The molecule has 1 heterocycles. The lowest BCUT2D eigenvalue weighted by molar-refractivity contribution is -0.120. The van der Waals surface area contributed by atoms with E-state index in [0.717, 1.165) is 9.35 Å². The molecule has 4 nitrogen and oxygen atoms in total. The highest BCUT2D eigenvalue weighted by atomic mass is 79.9. The van der Waals surface area contributed by atoms with Crippen molar-refractivity contribution in [3.8, 4) is 0 Å². The third-order valence-corrected chi connectivity index (χ3v) is 4.92. The van der Waals surface area contributed by atoms with Crippen molar-refractivity contribution < 1.29 is 9.59 Å². The first kappa shape index (κ1) is 17.0. The molecule has 0 aliphatic rings. The van der Waals surface area contributed by atoms with E-state index in [2.05, 4.69) is 26.6 Å². The van der Waals surface area contributed by atoms with E-state index in [-0.39, 0.29) is 24.4 Å². The second-order valence-corrected chi connectivity index (χ2v) is 7.47. The van der Waals surface area contributed by atoms with E-state index in [1.807, 2.05) is 25.1 Å². The molecule has 0 saturated heterocycles. The summed E-state index contributed by atoms with van der Waals surface area (Å²) in [6.45, 7) is 1.76. The summed E-state index contributed by atoms with van der Waals surface area (Å²) in [6, 6.07) is 10.6. The smallest absolute Gasteiger partial charge is 0.261 e. The molecule has 2 aromatic rings. The molecule has 2 rings (SSSR count). The molecule has 1 aromatic heterocycles. The summed E-state index contributed by atoms with van der Waals surface area (Å²) in [7, 11) is 0. The lowest BCUT2D eigenvalue weighted by Crippen LogP contribution is -2.37. The molecule has 2 N–H and O–H groups in total. The Labute approximate surface area is 146 Å². The van der Waals surface area contributed by atoms with Crippen LogP contribution in [0.5, 0.6) is 0 Å². The first-order chi connectivity index (χ1) is 10.5. The third-order valence-electron chi connectivity index (χ3n) is 2.96. The predicted molar refractivity (Wildman–Crippen MR) is 92.4 cm³/mol. The average molecular weight is 402 g/mol. The minimum atomic E-state index is -0.267. The number of carbonyl (C=O) groups excluding carboxylic acids is 2. The van der Waals surface area contributed by atoms with E-state index in [1.54, 1.807) is 18.2 Å². The molecule has 7 heteroatoms. The van der Waals surface area contributed by atoms with Crippen molar-refractivity contribution in [2.45, 2.75) is 13.0 Å². The van der Waals surface area contributed by atoms with Crippen LogP contribution in [0.25, 0.3) is 0 Å². The third kappa shape index (κ3) is 4.56. The Morgan fingerprint density at radius 1 is 1.27 bits per heavy atom. The number of halogens is 2. The van der Waals surface area contributed by atoms with E-state index in [1.165, 1.54) is 11.3 Å². The number of nitrogens with one attached hydrogen (secondary N) is 2. The number of rotatable bonds is 5. The van der Waals surface area contributed by atoms with Gasteiger partial charge >= 0.3 is 0 Å². The zero-order valence-electron chi connectivity index (χ0n) is 11.7. The molecule has 1 aromatic carbocycles. The SMILES string of the molecule is CC(NC(=O)CNC(=O)c1ccc(Br)s1)c1ccccc1Cl. The van der Waals surface area contributed by atoms with Gasteiger partial charge in [0.1, 0.15) is 0 Å². The van der Waals surface area contributed by atoms with Gasteiger partial charge in [0.2, 0.25) is 5.91 Å². The van der Waals surface area contributed by atoms with Gasteiger partial charge in [0.15, 0.2) is 0 Å². The van der Waals surface area contributed by atoms with Crippen LogP contribution < -0.4 is 10.6 Å². The van der Waals surface area contributed by atoms with E-state index in [9.17, 15) is 9.59 Å². The number of amides is 2. The summed E-state index contributed by atoms with van der Waals surface area (Å²) in [5.74, 6) is -0.535. The van der Waals surface area contributed by atoms with Crippen LogP contribution in [0, 0.1) is 0 Å². The van der Waals surface area contributed by atoms with Gasteiger partial charge in [-0.3, -0.25) is 9.59 Å². The van der Waals surface area contributed by atoms with E-state index < -0.39 is 0 Å². The second-order valence-electron chi connectivity index (χ2n) is 4.60. The van der Waals surface area contributed by atoms with Crippen molar-refractivity contribution in [2.24, 2.45) is 0 Å². The lowest BCUT2D eigenvalue weighted by Gasteiger charge is -2.15. The van der Waals surface area contributed by atoms with Crippen LogP contribution in [0.3, 0.4) is 0 Å². The minimum absolute atomic E-state index is 0.0802. The number of benzene rings is 1. The molecule has 116 valence electrons. The lowest BCUT2D eigenvalue weighted by atomic mass is 10.1. The van der Waals surface area contributed by atoms with Crippen LogP contribution >= 0.6 is 38.9 Å². The fourth-order valence-electron chi connectivity index (χ4n) is 1.88. The number of hydrogen-bond acceptors (Lipinski definition) is 3. The fraction of sp³-hybridized carbons (Fsp3) is 0.200. The van der Waals surface area contributed by atoms with Gasteiger partial charge in [0, 0.05) is 5.02 Å². The number of carbonyl (C=O) groups is 2. The molecule has 1 atom stereocenters. The Morgan fingerprint density at radius 3 is 2.64 bits per heavy atom. The second kappa shape index (κ2) is 7.76. The Kier molecular flexibility index (Phi) is 5.99. The average Bonchev–Trinajstić information content (AvgIpc) is 2.91. The molecule has 0 bridgehead atoms. The van der Waals surface area contributed by atoms with Gasteiger partial charge in [0.05, 0.1) is 21.3 Å². The molecule has 1 unspecified atom stereocenters. The molecule has 0 aliphatic carbocycles. The summed E-state index contributed by atoms with van der Waals surface area (Å²) >= 11 is 10.7. The van der Waals surface area contributed by atoms with E-state index >= 15 is 0 Å². The van der Waals surface area contributed by atoms with E-state index in [4.69, 9.17) is 11.6 Å². The van der Waals surface area contributed by atoms with Crippen molar-refractivity contribution in [3.63, 3.8) is 0 Å². The van der Waals surface area contributed by atoms with Gasteiger partial charge in [-0.15, -0.1) is 11.3 Å². The molecular formula is C15H14BrClN2O2S. The Hall–Kier alpha value is -1.37. The summed E-state index contributed by atoms with van der Waals surface area (Å²) in [6.07, 6.45) is 0. The highest BCUT2D eigenvalue weighted by Gasteiger charge is 2.14. The van der Waals surface area contributed by atoms with Crippen molar-refractivity contribution in [2.75, 3.05) is 6.54 Å². The quantitative estimate of drug-likeness (QED) is 0.801. The predicted octanol–water partition coefficient (Wildman–Crippen LogP) is 3.77. The van der Waals surface area contributed by atoms with Crippen LogP contribution in [-0.4, -0.2) is 18.4 Å². The highest BCUT2D eigenvalue weighted by Crippen LogP contribution is 2.22. The standard InChI is InChI=1S/C15H14BrClN2O2S/c1-9(10-4-2-3-5-11(10)17)19-14(20)8-18-15(21)12-6-7-13(16)22-12/h2-7,9H,8H2,1H3,(H,18,21)(H,19,20). The Morgan fingerprint density at radius 2 is 2.00 bits per heavy atom. The molecule has 2 amide bonds. The molecule has 0 radical (unpaired) electrons. The van der Waals surface area contributed by atoms with Crippen molar-refractivity contribution >= 4 is 50.7 Å². The summed E-state index contributed by atoms with van der Waals surface area (Å²) in [5.41, 5.74) is 0.839. The topological polar surface area (TPSA) is 58.2 Å². The van der Waals surface area contributed by atoms with Gasteiger partial charge in [-0.2, -0.15) is 0 Å². The van der Waals surface area contributed by atoms with Crippen molar-refractivity contribution in [1.29, 1.82) is 0 Å². The molecule has 0 saturated carbocycles. The van der Waals surface area contributed by atoms with E-state index in [0.29, 0.717) is 9.90 Å². The number of thiophene rings is 1. The van der Waals surface area contributed by atoms with Crippen LogP contribution in [-0.2, 0) is 4.79 Å². The van der Waals surface area contributed by atoms with Crippen LogP contribution in [0.15, 0.2) is 40.2 Å². The van der Waals surface area contributed by atoms with Crippen LogP contribution in [0.4, 0.5) is 0 Å². The van der Waals surface area contributed by atoms with Crippen LogP contribution in [0.1, 0.15) is 28.2 Å². The molecule has 22 heavy (non-hydrogen) atoms. The zero-order chi connectivity index (χ0) is 16.1. The summed E-state index contributed by atoms with van der Waals surface area (Å²) in [5, 5.41) is 5.99. The first-order valence-electron chi connectivity index (χ1n) is 6.54. The largest absolute Gasteiger partial charge is 0.348 e. The molecule has 0 spiro atoms. The zero-order valence-corrected chi connectivity index (χ0v) is 14.9. The minimum Gasteiger partial charge on any atom is -0.348 e. The van der Waals surface area contributed by atoms with Gasteiger partial charge < -0.3 is 10.6 Å². The monoisotopic (exact) mass is 400 g/mol. The summed E-state index contributed by atoms with van der Waals surface area (Å²) in [4.78, 5) is 24.3. The molecule has 0 aliphatic heterocycles. The van der Waals surface area contributed by atoms with Crippen molar-refractivity contribution in [3.05, 3.63) is 55.6 Å². The van der Waals surface area contributed by atoms with Crippen molar-refractivity contribution in [1.82, 2.24) is 10.6 Å². The Balaban J connectivity index is 1.85. The van der Waals surface area contributed by atoms with Gasteiger partial charge in [-0.05, 0) is 46.6 Å². The highest BCUT2D eigenvalue weighted by molar-refractivity contribution is 9.11. The molecular weight excluding hydrogens is 388 g/mol. The Bertz CT molecular complexity index is 690.